The number of amides is 1. The second kappa shape index (κ2) is 5.46. The van der Waals surface area contributed by atoms with Crippen molar-refractivity contribution < 1.29 is 9.90 Å². The van der Waals surface area contributed by atoms with Crippen LogP contribution in [0.25, 0.3) is 0 Å². The van der Waals surface area contributed by atoms with Crippen molar-refractivity contribution in [3.8, 4) is 0 Å². The molecule has 1 unspecified atom stereocenters. The van der Waals surface area contributed by atoms with Crippen LogP contribution in [0.4, 0.5) is 5.69 Å². The van der Waals surface area contributed by atoms with Gasteiger partial charge in [-0.3, -0.25) is 9.69 Å². The molecule has 4 aliphatic rings. The summed E-state index contributed by atoms with van der Waals surface area (Å²) in [6.45, 7) is 6.05. The van der Waals surface area contributed by atoms with Crippen molar-refractivity contribution in [3.05, 3.63) is 42.5 Å². The van der Waals surface area contributed by atoms with Gasteiger partial charge in [0.1, 0.15) is 0 Å². The Bertz CT molecular complexity index is 644. The molecule has 5 rings (SSSR count). The highest BCUT2D eigenvalue weighted by Crippen LogP contribution is 2.50. The summed E-state index contributed by atoms with van der Waals surface area (Å²) in [6.07, 6.45) is 4.76. The first-order valence-electron chi connectivity index (χ1n) is 8.59. The van der Waals surface area contributed by atoms with Crippen molar-refractivity contribution in [2.75, 3.05) is 25.0 Å². The molecular weight excluding hydrogens is 288 g/mol. The van der Waals surface area contributed by atoms with Crippen LogP contribution in [0.1, 0.15) is 24.8 Å². The zero-order chi connectivity index (χ0) is 16.0. The Hall–Kier alpha value is -1.65. The number of hydrogen-bond donors (Lipinski definition) is 2. The van der Waals surface area contributed by atoms with Gasteiger partial charge in [0.2, 0.25) is 5.91 Å². The Morgan fingerprint density at radius 2 is 2.26 bits per heavy atom. The number of carbonyl (C=O) groups is 1. The monoisotopic (exact) mass is 312 g/mol. The minimum Gasteiger partial charge on any atom is -0.396 e. The Morgan fingerprint density at radius 3 is 2.96 bits per heavy atom. The highest BCUT2D eigenvalue weighted by atomic mass is 16.3. The van der Waals surface area contributed by atoms with Crippen LogP contribution in [-0.4, -0.2) is 41.7 Å². The lowest BCUT2D eigenvalue weighted by molar-refractivity contribution is -0.127. The number of piperidine rings is 3. The molecule has 3 saturated heterocycles. The summed E-state index contributed by atoms with van der Waals surface area (Å²) >= 11 is 0. The number of anilines is 1. The van der Waals surface area contributed by atoms with Gasteiger partial charge in [-0.2, -0.15) is 0 Å². The first-order chi connectivity index (χ1) is 11.2. The standard InChI is InChI=1S/C19H24N2O2/c1-2-13-12-21-9-7-14(13)11-17(21)19(8-10-22)15-5-3-4-6-16(15)20-18(19)23/h2-6,13-14,17,22H,1,7-12H2,(H,20,23)/t13-,14+,17+,19-/m1/s1. The van der Waals surface area contributed by atoms with E-state index in [2.05, 4.69) is 28.9 Å². The molecule has 122 valence electrons. The van der Waals surface area contributed by atoms with Crippen LogP contribution >= 0.6 is 0 Å². The van der Waals surface area contributed by atoms with Crippen molar-refractivity contribution >= 4 is 11.6 Å². The number of rotatable bonds is 4. The summed E-state index contributed by atoms with van der Waals surface area (Å²) in [5, 5.41) is 12.8. The third kappa shape index (κ3) is 2.01. The maximum absolute atomic E-state index is 13.0. The highest BCUT2D eigenvalue weighted by molar-refractivity contribution is 6.07. The molecule has 4 nitrogen and oxygen atoms in total. The molecule has 1 aromatic carbocycles. The molecule has 0 aliphatic carbocycles. The van der Waals surface area contributed by atoms with Crippen LogP contribution in [0.5, 0.6) is 0 Å². The molecule has 23 heavy (non-hydrogen) atoms. The lowest BCUT2D eigenvalue weighted by atomic mass is 9.63. The number of carbonyl (C=O) groups excluding carboxylic acids is 1. The first-order valence-corrected chi connectivity index (χ1v) is 8.59. The van der Waals surface area contributed by atoms with E-state index in [0.717, 1.165) is 30.8 Å². The van der Waals surface area contributed by atoms with Gasteiger partial charge in [-0.05, 0) is 49.3 Å². The molecule has 0 radical (unpaired) electrons. The van der Waals surface area contributed by atoms with Crippen LogP contribution in [0.3, 0.4) is 0 Å². The SMILES string of the molecule is C=C[C@@H]1CN2CC[C@H]1C[C@H]2[C@]1(CCO)C(=O)Nc2ccccc21. The predicted octanol–water partition coefficient (Wildman–Crippen LogP) is 2.16. The molecule has 1 aromatic rings. The van der Waals surface area contributed by atoms with Crippen molar-refractivity contribution in [2.45, 2.75) is 30.7 Å². The topological polar surface area (TPSA) is 52.6 Å². The number of hydrogen-bond acceptors (Lipinski definition) is 3. The van der Waals surface area contributed by atoms with Gasteiger partial charge in [-0.25, -0.2) is 0 Å². The fourth-order valence-corrected chi connectivity index (χ4v) is 5.11. The van der Waals surface area contributed by atoms with E-state index in [1.807, 2.05) is 18.2 Å². The quantitative estimate of drug-likeness (QED) is 0.838. The summed E-state index contributed by atoms with van der Waals surface area (Å²) in [5.74, 6) is 1.20. The van der Waals surface area contributed by atoms with Gasteiger partial charge in [0, 0.05) is 24.9 Å². The fourth-order valence-electron chi connectivity index (χ4n) is 5.11. The Morgan fingerprint density at radius 1 is 1.43 bits per heavy atom. The van der Waals surface area contributed by atoms with E-state index in [1.165, 1.54) is 6.42 Å². The fraction of sp³-hybridized carbons (Fsp3) is 0.526. The second-order valence-corrected chi connectivity index (χ2v) is 7.14. The molecule has 1 amide bonds. The van der Waals surface area contributed by atoms with E-state index >= 15 is 0 Å². The third-order valence-corrected chi connectivity index (χ3v) is 6.24. The van der Waals surface area contributed by atoms with E-state index in [-0.39, 0.29) is 18.6 Å². The Balaban J connectivity index is 1.78. The number of nitrogens with zero attached hydrogens (tertiary/aromatic N) is 1. The minimum atomic E-state index is -0.615. The zero-order valence-electron chi connectivity index (χ0n) is 13.4. The number of aliphatic hydroxyl groups excluding tert-OH is 1. The average molecular weight is 312 g/mol. The van der Waals surface area contributed by atoms with E-state index in [1.54, 1.807) is 0 Å². The minimum absolute atomic E-state index is 0.0294. The molecule has 0 saturated carbocycles. The Labute approximate surface area is 137 Å². The number of benzene rings is 1. The van der Waals surface area contributed by atoms with Gasteiger partial charge < -0.3 is 10.4 Å². The third-order valence-electron chi connectivity index (χ3n) is 6.24. The summed E-state index contributed by atoms with van der Waals surface area (Å²) in [7, 11) is 0. The van der Waals surface area contributed by atoms with Crippen molar-refractivity contribution in [1.82, 2.24) is 4.90 Å². The Kier molecular flexibility index (Phi) is 3.54. The summed E-state index contributed by atoms with van der Waals surface area (Å²) in [5.41, 5.74) is 1.36. The van der Waals surface area contributed by atoms with Crippen LogP contribution in [0.15, 0.2) is 36.9 Å². The summed E-state index contributed by atoms with van der Waals surface area (Å²) in [4.78, 5) is 15.5. The summed E-state index contributed by atoms with van der Waals surface area (Å²) < 4.78 is 0. The van der Waals surface area contributed by atoms with E-state index < -0.39 is 5.41 Å². The maximum atomic E-state index is 13.0. The molecular formula is C19H24N2O2. The molecule has 0 aromatic heterocycles. The lowest BCUT2D eigenvalue weighted by Gasteiger charge is -2.54. The van der Waals surface area contributed by atoms with Gasteiger partial charge in [0.05, 0.1) is 5.41 Å². The first kappa shape index (κ1) is 14.9. The molecule has 2 N–H and O–H groups in total. The van der Waals surface area contributed by atoms with Gasteiger partial charge >= 0.3 is 0 Å². The number of fused-ring (bicyclic) bond motifs is 4. The van der Waals surface area contributed by atoms with Crippen LogP contribution in [0, 0.1) is 11.8 Å². The molecule has 4 heterocycles. The second-order valence-electron chi connectivity index (χ2n) is 7.14. The van der Waals surface area contributed by atoms with Gasteiger partial charge in [0.25, 0.3) is 0 Å². The summed E-state index contributed by atoms with van der Waals surface area (Å²) in [6, 6.07) is 8.14. The average Bonchev–Trinajstić information content (AvgIpc) is 2.88. The largest absolute Gasteiger partial charge is 0.396 e. The molecule has 4 aliphatic heterocycles. The van der Waals surface area contributed by atoms with E-state index in [4.69, 9.17) is 0 Å². The smallest absolute Gasteiger partial charge is 0.236 e. The number of para-hydroxylation sites is 1. The molecule has 0 spiro atoms. The zero-order valence-corrected chi connectivity index (χ0v) is 13.4. The van der Waals surface area contributed by atoms with Gasteiger partial charge in [-0.1, -0.05) is 24.3 Å². The van der Waals surface area contributed by atoms with Crippen molar-refractivity contribution in [2.24, 2.45) is 11.8 Å². The normalized spacial score (nSPS) is 38.2. The number of aliphatic hydroxyl groups is 1. The van der Waals surface area contributed by atoms with Gasteiger partial charge in [-0.15, -0.1) is 6.58 Å². The molecule has 4 heteroatoms. The van der Waals surface area contributed by atoms with E-state index in [0.29, 0.717) is 18.3 Å². The van der Waals surface area contributed by atoms with Crippen LogP contribution < -0.4 is 5.32 Å². The van der Waals surface area contributed by atoms with Crippen LogP contribution in [-0.2, 0) is 10.2 Å². The van der Waals surface area contributed by atoms with E-state index in [9.17, 15) is 9.90 Å². The van der Waals surface area contributed by atoms with Crippen molar-refractivity contribution in [3.63, 3.8) is 0 Å². The van der Waals surface area contributed by atoms with Crippen molar-refractivity contribution in [1.29, 1.82) is 0 Å². The molecule has 2 bridgehead atoms. The lowest BCUT2D eigenvalue weighted by Crippen LogP contribution is -2.62. The number of nitrogens with one attached hydrogen (secondary N) is 1. The molecule has 5 atom stereocenters. The predicted molar refractivity (Wildman–Crippen MR) is 90.2 cm³/mol. The maximum Gasteiger partial charge on any atom is 0.236 e. The van der Waals surface area contributed by atoms with Crippen LogP contribution in [0.2, 0.25) is 0 Å². The van der Waals surface area contributed by atoms with Gasteiger partial charge in [0.15, 0.2) is 0 Å². The molecule has 3 fully saturated rings. The highest BCUT2D eigenvalue weighted by Gasteiger charge is 2.56.